The number of rotatable bonds is 2. The van der Waals surface area contributed by atoms with Crippen LogP contribution in [-0.2, 0) is 12.8 Å². The first-order valence-corrected chi connectivity index (χ1v) is 6.84. The van der Waals surface area contributed by atoms with E-state index in [1.165, 1.54) is 12.8 Å². The van der Waals surface area contributed by atoms with E-state index in [1.54, 1.807) is 0 Å². The van der Waals surface area contributed by atoms with Gasteiger partial charge in [0.05, 0.1) is 12.5 Å². The van der Waals surface area contributed by atoms with E-state index in [1.807, 2.05) is 12.5 Å². The Morgan fingerprint density at radius 1 is 1.21 bits per heavy atom. The fourth-order valence-corrected chi connectivity index (χ4v) is 2.63. The summed E-state index contributed by atoms with van der Waals surface area (Å²) in [6.45, 7) is 4.24. The molecule has 5 heteroatoms. The van der Waals surface area contributed by atoms with Crippen LogP contribution in [0.4, 0.5) is 5.82 Å². The molecule has 2 heterocycles. The van der Waals surface area contributed by atoms with Crippen molar-refractivity contribution in [2.75, 3.05) is 5.73 Å². The zero-order chi connectivity index (χ0) is 13.4. The molecule has 2 aromatic heterocycles. The van der Waals surface area contributed by atoms with Crippen LogP contribution in [0.5, 0.6) is 0 Å². The summed E-state index contributed by atoms with van der Waals surface area (Å²) in [5.41, 5.74) is 9.29. The van der Waals surface area contributed by atoms with Crippen molar-refractivity contribution >= 4 is 5.82 Å². The Morgan fingerprint density at radius 3 is 2.79 bits per heavy atom. The molecule has 5 nitrogen and oxygen atoms in total. The molecule has 0 saturated heterocycles. The quantitative estimate of drug-likeness (QED) is 0.896. The Morgan fingerprint density at radius 2 is 2.00 bits per heavy atom. The highest BCUT2D eigenvalue weighted by Gasteiger charge is 2.18. The van der Waals surface area contributed by atoms with Crippen LogP contribution in [0.25, 0.3) is 11.5 Å². The highest BCUT2D eigenvalue weighted by atomic mass is 15.1. The molecule has 19 heavy (non-hydrogen) atoms. The molecule has 0 amide bonds. The van der Waals surface area contributed by atoms with Crippen LogP contribution in [0.2, 0.25) is 0 Å². The number of hydrogen-bond acceptors (Lipinski definition) is 4. The summed E-state index contributed by atoms with van der Waals surface area (Å²) in [7, 11) is 0. The molecule has 0 unspecified atom stereocenters. The first kappa shape index (κ1) is 12.1. The Balaban J connectivity index is 2.10. The number of aryl methyl sites for hydroxylation is 1. The molecule has 0 atom stereocenters. The maximum absolute atomic E-state index is 6.09. The van der Waals surface area contributed by atoms with E-state index < -0.39 is 0 Å². The molecule has 0 aliphatic heterocycles. The van der Waals surface area contributed by atoms with Gasteiger partial charge in [-0.3, -0.25) is 0 Å². The van der Waals surface area contributed by atoms with Crippen LogP contribution in [-0.4, -0.2) is 19.5 Å². The highest BCUT2D eigenvalue weighted by Crippen LogP contribution is 2.27. The van der Waals surface area contributed by atoms with Gasteiger partial charge < -0.3 is 10.3 Å². The fourth-order valence-electron chi connectivity index (χ4n) is 2.63. The zero-order valence-electron chi connectivity index (χ0n) is 11.4. The van der Waals surface area contributed by atoms with Crippen LogP contribution >= 0.6 is 0 Å². The van der Waals surface area contributed by atoms with Crippen molar-refractivity contribution in [3.63, 3.8) is 0 Å². The van der Waals surface area contributed by atoms with E-state index >= 15 is 0 Å². The van der Waals surface area contributed by atoms with Gasteiger partial charge in [0.15, 0.2) is 5.82 Å². The first-order chi connectivity index (χ1) is 9.16. The fraction of sp³-hybridized carbons (Fsp3) is 0.500. The molecule has 0 saturated carbocycles. The third-order valence-corrected chi connectivity index (χ3v) is 3.67. The van der Waals surface area contributed by atoms with Crippen molar-refractivity contribution in [3.05, 3.63) is 23.8 Å². The third-order valence-electron chi connectivity index (χ3n) is 3.67. The SMILES string of the molecule is CC(C)n1cncc1-c1nc(N)c2c(n1)CCCC2. The molecular weight excluding hydrogens is 238 g/mol. The van der Waals surface area contributed by atoms with Gasteiger partial charge in [0.25, 0.3) is 0 Å². The third kappa shape index (κ3) is 2.09. The van der Waals surface area contributed by atoms with Crippen LogP contribution < -0.4 is 5.73 Å². The molecule has 100 valence electrons. The first-order valence-electron chi connectivity index (χ1n) is 6.84. The zero-order valence-corrected chi connectivity index (χ0v) is 11.4. The van der Waals surface area contributed by atoms with Gasteiger partial charge in [-0.05, 0) is 39.5 Å². The Labute approximate surface area is 112 Å². The Bertz CT molecular complexity index is 600. The van der Waals surface area contributed by atoms with Crippen molar-refractivity contribution in [2.24, 2.45) is 0 Å². The number of imidazole rings is 1. The highest BCUT2D eigenvalue weighted by molar-refractivity contribution is 5.55. The average molecular weight is 257 g/mol. The summed E-state index contributed by atoms with van der Waals surface area (Å²) in [6, 6.07) is 0.332. The maximum atomic E-state index is 6.09. The molecule has 0 bridgehead atoms. The molecule has 2 aromatic rings. The standard InChI is InChI=1S/C14H19N5/c1-9(2)19-8-16-7-12(19)14-17-11-6-4-3-5-10(11)13(15)18-14/h7-9H,3-6H2,1-2H3,(H2,15,17,18). The number of nitrogen functional groups attached to an aromatic ring is 1. The molecule has 1 aliphatic carbocycles. The Hall–Kier alpha value is -1.91. The molecule has 1 aliphatic rings. The Kier molecular flexibility index (Phi) is 2.97. The lowest BCUT2D eigenvalue weighted by Crippen LogP contribution is -2.13. The summed E-state index contributed by atoms with van der Waals surface area (Å²) in [6.07, 6.45) is 8.01. The number of hydrogen-bond donors (Lipinski definition) is 1. The van der Waals surface area contributed by atoms with Gasteiger partial charge in [0, 0.05) is 17.3 Å². The summed E-state index contributed by atoms with van der Waals surface area (Å²) < 4.78 is 2.07. The molecule has 0 fully saturated rings. The van der Waals surface area contributed by atoms with E-state index in [0.29, 0.717) is 17.7 Å². The number of fused-ring (bicyclic) bond motifs is 1. The van der Waals surface area contributed by atoms with E-state index in [4.69, 9.17) is 10.7 Å². The van der Waals surface area contributed by atoms with Crippen LogP contribution in [0, 0.1) is 0 Å². The van der Waals surface area contributed by atoms with Gasteiger partial charge in [-0.15, -0.1) is 0 Å². The molecule has 0 radical (unpaired) electrons. The lowest BCUT2D eigenvalue weighted by atomic mass is 9.96. The second kappa shape index (κ2) is 4.64. The summed E-state index contributed by atoms with van der Waals surface area (Å²) in [4.78, 5) is 13.4. The summed E-state index contributed by atoms with van der Waals surface area (Å²) >= 11 is 0. The topological polar surface area (TPSA) is 69.6 Å². The minimum absolute atomic E-state index is 0.332. The van der Waals surface area contributed by atoms with Crippen molar-refractivity contribution in [3.8, 4) is 11.5 Å². The monoisotopic (exact) mass is 257 g/mol. The van der Waals surface area contributed by atoms with Gasteiger partial charge in [-0.1, -0.05) is 0 Å². The lowest BCUT2D eigenvalue weighted by Gasteiger charge is -2.18. The van der Waals surface area contributed by atoms with Gasteiger partial charge in [0.1, 0.15) is 11.5 Å². The van der Waals surface area contributed by atoms with Crippen molar-refractivity contribution in [1.29, 1.82) is 0 Å². The normalized spacial score (nSPS) is 14.7. The van der Waals surface area contributed by atoms with Crippen molar-refractivity contribution in [2.45, 2.75) is 45.6 Å². The largest absolute Gasteiger partial charge is 0.383 e. The predicted molar refractivity (Wildman–Crippen MR) is 74.7 cm³/mol. The predicted octanol–water partition coefficient (Wildman–Crippen LogP) is 2.38. The van der Waals surface area contributed by atoms with Crippen molar-refractivity contribution in [1.82, 2.24) is 19.5 Å². The number of nitrogens with zero attached hydrogens (tertiary/aromatic N) is 4. The van der Waals surface area contributed by atoms with Gasteiger partial charge in [-0.2, -0.15) is 0 Å². The van der Waals surface area contributed by atoms with E-state index in [0.717, 1.165) is 29.8 Å². The summed E-state index contributed by atoms with van der Waals surface area (Å²) in [5.74, 6) is 1.33. The minimum atomic E-state index is 0.332. The lowest BCUT2D eigenvalue weighted by molar-refractivity contribution is 0.602. The van der Waals surface area contributed by atoms with Crippen LogP contribution in [0.1, 0.15) is 44.0 Å². The average Bonchev–Trinajstić information content (AvgIpc) is 2.88. The van der Waals surface area contributed by atoms with E-state index in [9.17, 15) is 0 Å². The minimum Gasteiger partial charge on any atom is -0.383 e. The second-order valence-corrected chi connectivity index (χ2v) is 5.34. The van der Waals surface area contributed by atoms with Gasteiger partial charge in [-0.25, -0.2) is 15.0 Å². The van der Waals surface area contributed by atoms with Crippen LogP contribution in [0.3, 0.4) is 0 Å². The maximum Gasteiger partial charge on any atom is 0.180 e. The number of anilines is 1. The van der Waals surface area contributed by atoms with Crippen molar-refractivity contribution < 1.29 is 0 Å². The van der Waals surface area contributed by atoms with Gasteiger partial charge in [0.2, 0.25) is 0 Å². The summed E-state index contributed by atoms with van der Waals surface area (Å²) in [5, 5.41) is 0. The molecule has 0 aromatic carbocycles. The van der Waals surface area contributed by atoms with E-state index in [2.05, 4.69) is 28.4 Å². The van der Waals surface area contributed by atoms with Crippen LogP contribution in [0.15, 0.2) is 12.5 Å². The second-order valence-electron chi connectivity index (χ2n) is 5.34. The van der Waals surface area contributed by atoms with Gasteiger partial charge >= 0.3 is 0 Å². The number of nitrogens with two attached hydrogens (primary N) is 1. The smallest absolute Gasteiger partial charge is 0.180 e. The number of aromatic nitrogens is 4. The molecule has 2 N–H and O–H groups in total. The van der Waals surface area contributed by atoms with E-state index in [-0.39, 0.29) is 0 Å². The molecule has 3 rings (SSSR count). The molecule has 0 spiro atoms. The molecular formula is C14H19N5.